The standard InChI is InChI=1S/C23H31FN2O5S/c24-19-8-6-18(7-9-19)22(10-11-22)21(27)25-12-14-30-23(16-25)17-26(13-15-31-23)32(28,29)20-4-2-1-3-5-20/h6-9,20H,1-5,10-17H2. The zero-order chi connectivity index (χ0) is 22.4. The third-order valence-electron chi connectivity index (χ3n) is 7.46. The molecule has 1 atom stereocenters. The second kappa shape index (κ2) is 8.34. The molecule has 2 saturated heterocycles. The summed E-state index contributed by atoms with van der Waals surface area (Å²) in [7, 11) is -3.43. The lowest BCUT2D eigenvalue weighted by Gasteiger charge is -2.48. The number of amides is 1. The average molecular weight is 467 g/mol. The van der Waals surface area contributed by atoms with Crippen molar-refractivity contribution in [3.63, 3.8) is 0 Å². The van der Waals surface area contributed by atoms with E-state index < -0.39 is 21.2 Å². The maximum atomic E-state index is 13.5. The van der Waals surface area contributed by atoms with Crippen LogP contribution in [0.15, 0.2) is 24.3 Å². The van der Waals surface area contributed by atoms with E-state index in [0.29, 0.717) is 32.5 Å². The summed E-state index contributed by atoms with van der Waals surface area (Å²) in [4.78, 5) is 15.3. The third-order valence-corrected chi connectivity index (χ3v) is 9.80. The summed E-state index contributed by atoms with van der Waals surface area (Å²) >= 11 is 0. The molecule has 1 spiro atoms. The summed E-state index contributed by atoms with van der Waals surface area (Å²) < 4.78 is 53.4. The molecule has 0 bridgehead atoms. The number of halogens is 1. The number of carbonyl (C=O) groups excluding carboxylic acids is 1. The van der Waals surface area contributed by atoms with Crippen LogP contribution in [0.1, 0.15) is 50.5 Å². The lowest BCUT2D eigenvalue weighted by Crippen LogP contribution is -2.65. The minimum Gasteiger partial charge on any atom is -0.346 e. The number of ether oxygens (including phenoxy) is 2. The van der Waals surface area contributed by atoms with Crippen molar-refractivity contribution in [1.29, 1.82) is 0 Å². The van der Waals surface area contributed by atoms with Crippen molar-refractivity contribution < 1.29 is 27.1 Å². The van der Waals surface area contributed by atoms with E-state index in [9.17, 15) is 17.6 Å². The van der Waals surface area contributed by atoms with Crippen LogP contribution in [0.3, 0.4) is 0 Å². The molecule has 4 aliphatic rings. The highest BCUT2D eigenvalue weighted by Crippen LogP contribution is 2.50. The molecule has 0 N–H and O–H groups in total. The van der Waals surface area contributed by atoms with E-state index in [1.165, 1.54) is 16.4 Å². The molecule has 1 amide bonds. The molecule has 32 heavy (non-hydrogen) atoms. The van der Waals surface area contributed by atoms with Crippen LogP contribution in [-0.4, -0.2) is 74.0 Å². The molecule has 1 aromatic carbocycles. The number of nitrogens with zero attached hydrogens (tertiary/aromatic N) is 2. The summed E-state index contributed by atoms with van der Waals surface area (Å²) in [5.74, 6) is -1.47. The van der Waals surface area contributed by atoms with Crippen molar-refractivity contribution in [3.8, 4) is 0 Å². The van der Waals surface area contributed by atoms with Gasteiger partial charge in [-0.3, -0.25) is 4.79 Å². The van der Waals surface area contributed by atoms with Gasteiger partial charge in [0, 0.05) is 13.1 Å². The Bertz CT molecular complexity index is 955. The van der Waals surface area contributed by atoms with Gasteiger partial charge in [0.15, 0.2) is 5.79 Å². The maximum absolute atomic E-state index is 13.5. The van der Waals surface area contributed by atoms with Gasteiger partial charge in [0.05, 0.1) is 37.0 Å². The van der Waals surface area contributed by atoms with E-state index in [1.54, 1.807) is 17.0 Å². The predicted octanol–water partition coefficient (Wildman–Crippen LogP) is 2.41. The van der Waals surface area contributed by atoms with Gasteiger partial charge in [-0.1, -0.05) is 31.4 Å². The van der Waals surface area contributed by atoms with Crippen molar-refractivity contribution in [3.05, 3.63) is 35.6 Å². The monoisotopic (exact) mass is 466 g/mol. The van der Waals surface area contributed by atoms with Crippen LogP contribution >= 0.6 is 0 Å². The Morgan fingerprint density at radius 3 is 2.28 bits per heavy atom. The van der Waals surface area contributed by atoms with Gasteiger partial charge in [-0.2, -0.15) is 4.31 Å². The molecule has 7 nitrogen and oxygen atoms in total. The summed E-state index contributed by atoms with van der Waals surface area (Å²) in [5, 5.41) is -0.332. The van der Waals surface area contributed by atoms with Gasteiger partial charge < -0.3 is 14.4 Å². The Balaban J connectivity index is 1.31. The van der Waals surface area contributed by atoms with Crippen LogP contribution in [-0.2, 0) is 29.7 Å². The molecule has 4 fully saturated rings. The van der Waals surface area contributed by atoms with Crippen LogP contribution < -0.4 is 0 Å². The van der Waals surface area contributed by atoms with E-state index in [1.807, 2.05) is 0 Å². The van der Waals surface area contributed by atoms with Gasteiger partial charge in [-0.15, -0.1) is 0 Å². The molecular weight excluding hydrogens is 435 g/mol. The van der Waals surface area contributed by atoms with Crippen molar-refractivity contribution >= 4 is 15.9 Å². The van der Waals surface area contributed by atoms with Crippen LogP contribution in [0.2, 0.25) is 0 Å². The molecular formula is C23H31FN2O5S. The van der Waals surface area contributed by atoms with Crippen molar-refractivity contribution in [2.45, 2.75) is 61.4 Å². The molecule has 176 valence electrons. The fourth-order valence-electron chi connectivity index (χ4n) is 5.45. The first-order valence-electron chi connectivity index (χ1n) is 11.7. The highest BCUT2D eigenvalue weighted by Gasteiger charge is 2.55. The zero-order valence-electron chi connectivity index (χ0n) is 18.3. The fourth-order valence-corrected chi connectivity index (χ4v) is 7.51. The second-order valence-electron chi connectivity index (χ2n) is 9.56. The third kappa shape index (κ3) is 3.97. The minimum absolute atomic E-state index is 0.0114. The van der Waals surface area contributed by atoms with E-state index in [2.05, 4.69) is 0 Å². The quantitative estimate of drug-likeness (QED) is 0.681. The van der Waals surface area contributed by atoms with E-state index in [-0.39, 0.29) is 36.7 Å². The zero-order valence-corrected chi connectivity index (χ0v) is 19.1. The Labute approximate surface area is 188 Å². The molecule has 5 rings (SSSR count). The molecule has 9 heteroatoms. The summed E-state index contributed by atoms with van der Waals surface area (Å²) in [5.41, 5.74) is 0.213. The highest BCUT2D eigenvalue weighted by atomic mass is 32.2. The Morgan fingerprint density at radius 2 is 1.62 bits per heavy atom. The maximum Gasteiger partial charge on any atom is 0.233 e. The lowest BCUT2D eigenvalue weighted by atomic mass is 9.93. The molecule has 2 saturated carbocycles. The highest BCUT2D eigenvalue weighted by molar-refractivity contribution is 7.89. The van der Waals surface area contributed by atoms with Gasteiger partial charge in [0.2, 0.25) is 15.9 Å². The molecule has 1 unspecified atom stereocenters. The van der Waals surface area contributed by atoms with Gasteiger partial charge in [-0.25, -0.2) is 12.8 Å². The Kier molecular flexibility index (Phi) is 5.80. The number of carbonyl (C=O) groups is 1. The topological polar surface area (TPSA) is 76.2 Å². The minimum atomic E-state index is -3.43. The smallest absolute Gasteiger partial charge is 0.233 e. The van der Waals surface area contributed by atoms with Gasteiger partial charge >= 0.3 is 0 Å². The summed E-state index contributed by atoms with van der Waals surface area (Å²) in [6.07, 6.45) is 5.86. The number of hydrogen-bond acceptors (Lipinski definition) is 5. The van der Waals surface area contributed by atoms with E-state index in [4.69, 9.17) is 9.47 Å². The summed E-state index contributed by atoms with van der Waals surface area (Å²) in [6, 6.07) is 6.15. The normalized spacial score (nSPS) is 29.2. The average Bonchev–Trinajstić information content (AvgIpc) is 3.62. The van der Waals surface area contributed by atoms with Gasteiger partial charge in [0.1, 0.15) is 5.82 Å². The van der Waals surface area contributed by atoms with Crippen molar-refractivity contribution in [2.24, 2.45) is 0 Å². The van der Waals surface area contributed by atoms with Crippen molar-refractivity contribution in [2.75, 3.05) is 39.4 Å². The predicted molar refractivity (Wildman–Crippen MR) is 116 cm³/mol. The number of rotatable bonds is 4. The number of sulfonamides is 1. The van der Waals surface area contributed by atoms with Gasteiger partial charge in [0.25, 0.3) is 0 Å². The summed E-state index contributed by atoms with van der Waals surface area (Å²) in [6.45, 7) is 1.60. The second-order valence-corrected chi connectivity index (χ2v) is 11.8. The molecule has 2 aliphatic heterocycles. The lowest BCUT2D eigenvalue weighted by molar-refractivity contribution is -0.282. The van der Waals surface area contributed by atoms with E-state index in [0.717, 1.165) is 37.7 Å². The Morgan fingerprint density at radius 1 is 0.969 bits per heavy atom. The number of benzene rings is 1. The van der Waals surface area contributed by atoms with Crippen LogP contribution in [0, 0.1) is 5.82 Å². The molecule has 1 aromatic rings. The van der Waals surface area contributed by atoms with Crippen LogP contribution in [0.5, 0.6) is 0 Å². The Hall–Kier alpha value is -1.55. The molecule has 0 radical (unpaired) electrons. The molecule has 2 aliphatic carbocycles. The first kappa shape index (κ1) is 22.3. The largest absolute Gasteiger partial charge is 0.346 e. The van der Waals surface area contributed by atoms with Gasteiger partial charge in [-0.05, 0) is 43.4 Å². The SMILES string of the molecule is O=C(N1CCOC2(C1)CN(S(=O)(=O)C1CCCCC1)CCO2)C1(c2ccc(F)cc2)CC1. The molecule has 0 aromatic heterocycles. The fraction of sp³-hybridized carbons (Fsp3) is 0.696. The first-order chi connectivity index (χ1) is 15.3. The van der Waals surface area contributed by atoms with Crippen molar-refractivity contribution in [1.82, 2.24) is 9.21 Å². The first-order valence-corrected chi connectivity index (χ1v) is 13.2. The number of morpholine rings is 2. The van der Waals surface area contributed by atoms with Crippen LogP contribution in [0.25, 0.3) is 0 Å². The van der Waals surface area contributed by atoms with E-state index >= 15 is 0 Å². The molecule has 2 heterocycles. The number of hydrogen-bond donors (Lipinski definition) is 0. The van der Waals surface area contributed by atoms with Crippen LogP contribution in [0.4, 0.5) is 4.39 Å².